The van der Waals surface area contributed by atoms with Crippen LogP contribution >= 0.6 is 23.2 Å². The minimum atomic E-state index is -3.70. The highest BCUT2D eigenvalue weighted by atomic mass is 35.5. The number of sulfonamides is 1. The van der Waals surface area contributed by atoms with Crippen molar-refractivity contribution in [3.05, 3.63) is 40.0 Å². The van der Waals surface area contributed by atoms with Gasteiger partial charge in [0.15, 0.2) is 5.82 Å². The van der Waals surface area contributed by atoms with Crippen LogP contribution in [0.15, 0.2) is 27.6 Å². The fourth-order valence-corrected chi connectivity index (χ4v) is 4.81. The van der Waals surface area contributed by atoms with E-state index in [9.17, 15) is 13.2 Å². The molecule has 0 spiro atoms. The second-order valence-electron chi connectivity index (χ2n) is 8.12. The van der Waals surface area contributed by atoms with Crippen LogP contribution in [0.4, 0.5) is 0 Å². The number of aromatic nitrogens is 2. The molecule has 0 aliphatic carbocycles. The van der Waals surface area contributed by atoms with E-state index in [1.807, 2.05) is 20.8 Å². The van der Waals surface area contributed by atoms with Crippen LogP contribution in [0.1, 0.15) is 38.9 Å². The third-order valence-corrected chi connectivity index (χ3v) is 7.45. The molecule has 2 heterocycles. The number of carbonyl (C=O) groups excluding carboxylic acids is 1. The number of piperazine rings is 1. The molecule has 1 saturated heterocycles. The second-order valence-corrected chi connectivity index (χ2v) is 10.9. The third-order valence-electron chi connectivity index (χ3n) is 4.81. The SMILES string of the molecule is CC(C)(C)c1noc(CCC(=O)N2CCN(S(=O)(=O)c3ccc(Cl)c(Cl)c3)CC2)n1. The Balaban J connectivity index is 1.55. The number of nitrogens with zero attached hydrogens (tertiary/aromatic N) is 4. The predicted octanol–water partition coefficient (Wildman–Crippen LogP) is 3.14. The van der Waals surface area contributed by atoms with Crippen molar-refractivity contribution in [2.45, 2.75) is 43.9 Å². The van der Waals surface area contributed by atoms with Crippen molar-refractivity contribution in [3.8, 4) is 0 Å². The Morgan fingerprint density at radius 2 is 1.80 bits per heavy atom. The molecule has 164 valence electrons. The van der Waals surface area contributed by atoms with E-state index in [4.69, 9.17) is 27.7 Å². The molecule has 0 radical (unpaired) electrons. The highest BCUT2D eigenvalue weighted by Gasteiger charge is 2.30. The van der Waals surface area contributed by atoms with E-state index in [-0.39, 0.29) is 40.8 Å². The summed E-state index contributed by atoms with van der Waals surface area (Å²) in [5.41, 5.74) is -0.220. The van der Waals surface area contributed by atoms with Crippen LogP contribution in [0.3, 0.4) is 0 Å². The van der Waals surface area contributed by atoms with Crippen LogP contribution in [0.2, 0.25) is 10.0 Å². The smallest absolute Gasteiger partial charge is 0.243 e. The molecule has 3 rings (SSSR count). The Morgan fingerprint density at radius 3 is 2.37 bits per heavy atom. The van der Waals surface area contributed by atoms with E-state index in [2.05, 4.69) is 10.1 Å². The van der Waals surface area contributed by atoms with Gasteiger partial charge < -0.3 is 9.42 Å². The van der Waals surface area contributed by atoms with E-state index in [1.165, 1.54) is 22.5 Å². The molecule has 1 fully saturated rings. The fourth-order valence-electron chi connectivity index (χ4n) is 3.00. The molecule has 1 aliphatic rings. The normalized spacial score (nSPS) is 16.1. The average Bonchev–Trinajstić information content (AvgIpc) is 3.18. The largest absolute Gasteiger partial charge is 0.340 e. The summed E-state index contributed by atoms with van der Waals surface area (Å²) < 4.78 is 32.2. The molecule has 1 aromatic heterocycles. The van der Waals surface area contributed by atoms with Gasteiger partial charge in [0.2, 0.25) is 21.8 Å². The van der Waals surface area contributed by atoms with E-state index >= 15 is 0 Å². The lowest BCUT2D eigenvalue weighted by Gasteiger charge is -2.34. The summed E-state index contributed by atoms with van der Waals surface area (Å²) in [6.45, 7) is 7.01. The summed E-state index contributed by atoms with van der Waals surface area (Å²) in [5, 5.41) is 4.43. The van der Waals surface area contributed by atoms with Crippen LogP contribution in [-0.4, -0.2) is 59.8 Å². The number of hydrogen-bond acceptors (Lipinski definition) is 6. The maximum absolute atomic E-state index is 12.8. The monoisotopic (exact) mass is 474 g/mol. The van der Waals surface area contributed by atoms with Gasteiger partial charge in [0.05, 0.1) is 14.9 Å². The minimum absolute atomic E-state index is 0.0721. The number of carbonyl (C=O) groups is 1. The third kappa shape index (κ3) is 5.14. The number of amides is 1. The Hall–Kier alpha value is -1.68. The van der Waals surface area contributed by atoms with Crippen LogP contribution in [0.25, 0.3) is 0 Å². The van der Waals surface area contributed by atoms with Gasteiger partial charge in [0.1, 0.15) is 0 Å². The van der Waals surface area contributed by atoms with Gasteiger partial charge in [-0.05, 0) is 18.2 Å². The highest BCUT2D eigenvalue weighted by Crippen LogP contribution is 2.27. The summed E-state index contributed by atoms with van der Waals surface area (Å²) in [6, 6.07) is 4.23. The van der Waals surface area contributed by atoms with Crippen LogP contribution < -0.4 is 0 Å². The Labute approximate surface area is 186 Å². The van der Waals surface area contributed by atoms with Gasteiger partial charge in [-0.2, -0.15) is 9.29 Å². The number of hydrogen-bond donors (Lipinski definition) is 0. The van der Waals surface area contributed by atoms with Crippen LogP contribution in [0, 0.1) is 0 Å². The number of rotatable bonds is 5. The zero-order valence-electron chi connectivity index (χ0n) is 17.1. The average molecular weight is 475 g/mol. The maximum Gasteiger partial charge on any atom is 0.243 e. The zero-order valence-corrected chi connectivity index (χ0v) is 19.4. The van der Waals surface area contributed by atoms with E-state index in [1.54, 1.807) is 4.90 Å². The highest BCUT2D eigenvalue weighted by molar-refractivity contribution is 7.89. The molecule has 0 atom stereocenters. The van der Waals surface area contributed by atoms with Crippen molar-refractivity contribution in [2.75, 3.05) is 26.2 Å². The molecule has 1 amide bonds. The van der Waals surface area contributed by atoms with Gasteiger partial charge >= 0.3 is 0 Å². The molecule has 2 aromatic rings. The van der Waals surface area contributed by atoms with Gasteiger partial charge in [-0.25, -0.2) is 8.42 Å². The van der Waals surface area contributed by atoms with Gasteiger partial charge in [-0.3, -0.25) is 4.79 Å². The van der Waals surface area contributed by atoms with E-state index in [0.29, 0.717) is 36.2 Å². The lowest BCUT2D eigenvalue weighted by molar-refractivity contribution is -0.132. The molecular weight excluding hydrogens is 451 g/mol. The van der Waals surface area contributed by atoms with E-state index < -0.39 is 10.0 Å². The van der Waals surface area contributed by atoms with Gasteiger partial charge in [0.25, 0.3) is 0 Å². The van der Waals surface area contributed by atoms with Crippen LogP contribution in [0.5, 0.6) is 0 Å². The first-order valence-electron chi connectivity index (χ1n) is 9.54. The van der Waals surface area contributed by atoms with Crippen molar-refractivity contribution >= 4 is 39.1 Å². The fraction of sp³-hybridized carbons (Fsp3) is 0.526. The molecular formula is C19H24Cl2N4O4S. The summed E-state index contributed by atoms with van der Waals surface area (Å²) in [7, 11) is -3.70. The molecule has 8 nitrogen and oxygen atoms in total. The first-order chi connectivity index (χ1) is 14.0. The Morgan fingerprint density at radius 1 is 1.13 bits per heavy atom. The number of aryl methyl sites for hydroxylation is 1. The molecule has 1 aliphatic heterocycles. The van der Waals surface area contributed by atoms with Gasteiger partial charge in [-0.15, -0.1) is 0 Å². The minimum Gasteiger partial charge on any atom is -0.340 e. The Bertz CT molecular complexity index is 1030. The quantitative estimate of drug-likeness (QED) is 0.659. The van der Waals surface area contributed by atoms with Gasteiger partial charge in [0, 0.05) is 44.4 Å². The first-order valence-corrected chi connectivity index (χ1v) is 11.7. The topological polar surface area (TPSA) is 96.6 Å². The van der Waals surface area contributed by atoms with Crippen molar-refractivity contribution in [1.29, 1.82) is 0 Å². The number of halogens is 2. The summed E-state index contributed by atoms with van der Waals surface area (Å²) in [6.07, 6.45) is 0.578. The predicted molar refractivity (Wildman–Crippen MR) is 113 cm³/mol. The molecule has 11 heteroatoms. The zero-order chi connectivity index (χ0) is 22.1. The van der Waals surface area contributed by atoms with Crippen LogP contribution in [-0.2, 0) is 26.7 Å². The summed E-state index contributed by atoms with van der Waals surface area (Å²) in [5.74, 6) is 0.956. The molecule has 0 bridgehead atoms. The second kappa shape index (κ2) is 8.82. The Kier molecular flexibility index (Phi) is 6.76. The maximum atomic E-state index is 12.8. The van der Waals surface area contributed by atoms with Crippen molar-refractivity contribution in [1.82, 2.24) is 19.3 Å². The lowest BCUT2D eigenvalue weighted by Crippen LogP contribution is -2.50. The molecule has 0 unspecified atom stereocenters. The molecule has 0 saturated carbocycles. The van der Waals surface area contributed by atoms with Crippen molar-refractivity contribution in [2.24, 2.45) is 0 Å². The molecule has 30 heavy (non-hydrogen) atoms. The van der Waals surface area contributed by atoms with E-state index in [0.717, 1.165) is 0 Å². The molecule has 1 aromatic carbocycles. The van der Waals surface area contributed by atoms with Crippen molar-refractivity contribution < 1.29 is 17.7 Å². The standard InChI is InChI=1S/C19H24Cl2N4O4S/c1-19(2,3)18-22-16(29-23-18)6-7-17(26)24-8-10-25(11-9-24)30(27,28)13-4-5-14(20)15(21)12-13/h4-5,12H,6-11H2,1-3H3. The summed E-state index contributed by atoms with van der Waals surface area (Å²) >= 11 is 11.8. The number of benzene rings is 1. The lowest BCUT2D eigenvalue weighted by atomic mass is 9.96. The molecule has 0 N–H and O–H groups in total. The van der Waals surface area contributed by atoms with Gasteiger partial charge in [-0.1, -0.05) is 49.1 Å². The summed E-state index contributed by atoms with van der Waals surface area (Å²) in [4.78, 5) is 18.6. The first kappa shape index (κ1) is 23.0. The van der Waals surface area contributed by atoms with Crippen molar-refractivity contribution in [3.63, 3.8) is 0 Å².